The average Bonchev–Trinajstić information content (AvgIpc) is 3.08. The summed E-state index contributed by atoms with van der Waals surface area (Å²) in [6, 6.07) is 13.3. The number of carbonyl (C=O) groups is 1. The van der Waals surface area contributed by atoms with Gasteiger partial charge >= 0.3 is 5.63 Å². The summed E-state index contributed by atoms with van der Waals surface area (Å²) in [5, 5.41) is 10.7. The van der Waals surface area contributed by atoms with E-state index in [1.165, 1.54) is 12.3 Å². The highest BCUT2D eigenvalue weighted by molar-refractivity contribution is 6.10. The van der Waals surface area contributed by atoms with E-state index in [-0.39, 0.29) is 22.9 Å². The van der Waals surface area contributed by atoms with E-state index in [2.05, 4.69) is 4.99 Å². The van der Waals surface area contributed by atoms with Gasteiger partial charge in [-0.3, -0.25) is 9.79 Å². The van der Waals surface area contributed by atoms with Gasteiger partial charge in [-0.25, -0.2) is 4.79 Å². The molecular formula is C24H19NO6. The van der Waals surface area contributed by atoms with Gasteiger partial charge in [0.15, 0.2) is 5.76 Å². The first kappa shape index (κ1) is 20.2. The molecule has 0 atom stereocenters. The third-order valence-corrected chi connectivity index (χ3v) is 4.91. The number of hydrogen-bond donors (Lipinski definition) is 1. The molecule has 2 aromatic heterocycles. The summed E-state index contributed by atoms with van der Waals surface area (Å²) in [6.07, 6.45) is 1.24. The van der Waals surface area contributed by atoms with Gasteiger partial charge < -0.3 is 18.7 Å². The minimum absolute atomic E-state index is 0.0447. The number of aliphatic imine (C=N–C) groups is 1. The van der Waals surface area contributed by atoms with Gasteiger partial charge in [0.25, 0.3) is 0 Å². The minimum atomic E-state index is -0.677. The zero-order chi connectivity index (χ0) is 22.1. The van der Waals surface area contributed by atoms with E-state index in [0.29, 0.717) is 28.3 Å². The quantitative estimate of drug-likeness (QED) is 0.373. The maximum atomic E-state index is 12.9. The van der Waals surface area contributed by atoms with Crippen molar-refractivity contribution in [3.05, 3.63) is 87.2 Å². The second kappa shape index (κ2) is 7.95. The first-order valence-corrected chi connectivity index (χ1v) is 9.47. The third-order valence-electron chi connectivity index (χ3n) is 4.91. The highest BCUT2D eigenvalue weighted by Gasteiger charge is 2.19. The average molecular weight is 417 g/mol. The van der Waals surface area contributed by atoms with E-state index in [1.807, 2.05) is 6.92 Å². The molecule has 0 bridgehead atoms. The van der Waals surface area contributed by atoms with E-state index in [0.717, 1.165) is 10.9 Å². The van der Waals surface area contributed by atoms with Crippen molar-refractivity contribution in [2.75, 3.05) is 7.11 Å². The minimum Gasteiger partial charge on any atom is -0.507 e. The predicted molar refractivity (Wildman–Crippen MR) is 116 cm³/mol. The number of aromatic hydroxyl groups is 1. The lowest BCUT2D eigenvalue weighted by atomic mass is 10.0. The summed E-state index contributed by atoms with van der Waals surface area (Å²) in [6.45, 7) is 3.39. The second-order valence-corrected chi connectivity index (χ2v) is 7.00. The number of ketones is 1. The van der Waals surface area contributed by atoms with Crippen molar-refractivity contribution in [1.29, 1.82) is 0 Å². The topological polar surface area (TPSA) is 102 Å². The fourth-order valence-corrected chi connectivity index (χ4v) is 3.25. The number of ether oxygens (including phenoxy) is 1. The van der Waals surface area contributed by atoms with Gasteiger partial charge in [-0.15, -0.1) is 0 Å². The Labute approximate surface area is 177 Å². The van der Waals surface area contributed by atoms with Gasteiger partial charge in [-0.2, -0.15) is 0 Å². The molecule has 0 amide bonds. The zero-order valence-electron chi connectivity index (χ0n) is 17.1. The Morgan fingerprint density at radius 1 is 1.06 bits per heavy atom. The van der Waals surface area contributed by atoms with E-state index in [1.54, 1.807) is 56.5 Å². The van der Waals surface area contributed by atoms with Crippen LogP contribution < -0.4 is 10.4 Å². The van der Waals surface area contributed by atoms with Crippen LogP contribution in [0.1, 0.15) is 33.0 Å². The molecule has 0 fully saturated rings. The Balaban J connectivity index is 1.67. The van der Waals surface area contributed by atoms with Gasteiger partial charge in [-0.1, -0.05) is 0 Å². The molecule has 31 heavy (non-hydrogen) atoms. The van der Waals surface area contributed by atoms with Gasteiger partial charge in [-0.05, 0) is 50.2 Å². The summed E-state index contributed by atoms with van der Waals surface area (Å²) < 4.78 is 15.9. The number of furan rings is 1. The number of methoxy groups -OCH3 is 1. The Kier molecular flexibility index (Phi) is 5.17. The van der Waals surface area contributed by atoms with Crippen LogP contribution in [0.25, 0.3) is 11.0 Å². The molecule has 0 spiro atoms. The van der Waals surface area contributed by atoms with Crippen molar-refractivity contribution in [3.8, 4) is 11.5 Å². The molecule has 7 nitrogen and oxygen atoms in total. The molecule has 4 aromatic rings. The number of hydrogen-bond acceptors (Lipinski definition) is 7. The molecule has 0 unspecified atom stereocenters. The van der Waals surface area contributed by atoms with Crippen LogP contribution >= 0.6 is 0 Å². The fourth-order valence-electron chi connectivity index (χ4n) is 3.25. The monoisotopic (exact) mass is 417 g/mol. The summed E-state index contributed by atoms with van der Waals surface area (Å²) in [7, 11) is 1.56. The Hall–Kier alpha value is -4.13. The molecule has 2 heterocycles. The SMILES string of the molecule is COc1ccc(C(=O)c2oc3cc(N=Cc4c(O)cc(C)oc4=O)ccc3c2C)cc1. The lowest BCUT2D eigenvalue weighted by Crippen LogP contribution is -2.07. The number of aryl methyl sites for hydroxylation is 2. The highest BCUT2D eigenvalue weighted by atomic mass is 16.5. The summed E-state index contributed by atoms with van der Waals surface area (Å²) in [5.41, 5.74) is 1.47. The first-order valence-electron chi connectivity index (χ1n) is 9.47. The van der Waals surface area contributed by atoms with Crippen LogP contribution in [0.2, 0.25) is 0 Å². The van der Waals surface area contributed by atoms with E-state index >= 15 is 0 Å². The van der Waals surface area contributed by atoms with Crippen LogP contribution in [0.15, 0.2) is 67.2 Å². The van der Waals surface area contributed by atoms with Crippen LogP contribution in [0, 0.1) is 13.8 Å². The van der Waals surface area contributed by atoms with Crippen molar-refractivity contribution in [2.45, 2.75) is 13.8 Å². The van der Waals surface area contributed by atoms with Crippen LogP contribution in [0.5, 0.6) is 11.5 Å². The Morgan fingerprint density at radius 3 is 2.48 bits per heavy atom. The molecule has 0 aliphatic carbocycles. The lowest BCUT2D eigenvalue weighted by Gasteiger charge is -2.01. The van der Waals surface area contributed by atoms with Gasteiger partial charge in [0.1, 0.15) is 28.4 Å². The predicted octanol–water partition coefficient (Wildman–Crippen LogP) is 4.70. The molecule has 2 aromatic carbocycles. The van der Waals surface area contributed by atoms with Crippen molar-refractivity contribution in [2.24, 2.45) is 4.99 Å². The standard InChI is InChI=1S/C24H19NO6/c1-13-10-20(26)19(24(28)30-13)12-25-16-6-9-18-14(2)23(31-21(18)11-16)22(27)15-4-7-17(29-3)8-5-15/h4-12,26H,1-3H3. The Morgan fingerprint density at radius 2 is 1.81 bits per heavy atom. The highest BCUT2D eigenvalue weighted by Crippen LogP contribution is 2.30. The largest absolute Gasteiger partial charge is 0.507 e. The zero-order valence-corrected chi connectivity index (χ0v) is 17.1. The van der Waals surface area contributed by atoms with Crippen molar-refractivity contribution in [3.63, 3.8) is 0 Å². The molecule has 0 aliphatic heterocycles. The lowest BCUT2D eigenvalue weighted by molar-refractivity contribution is 0.101. The number of fused-ring (bicyclic) bond motifs is 1. The van der Waals surface area contributed by atoms with Gasteiger partial charge in [0, 0.05) is 34.9 Å². The first-order chi connectivity index (χ1) is 14.9. The molecule has 0 radical (unpaired) electrons. The molecule has 1 N–H and O–H groups in total. The molecule has 7 heteroatoms. The van der Waals surface area contributed by atoms with E-state index < -0.39 is 5.63 Å². The van der Waals surface area contributed by atoms with Crippen LogP contribution in [-0.4, -0.2) is 24.2 Å². The molecule has 0 aliphatic rings. The Bertz CT molecular complexity index is 1380. The van der Waals surface area contributed by atoms with E-state index in [9.17, 15) is 14.7 Å². The number of rotatable bonds is 5. The van der Waals surface area contributed by atoms with Crippen LogP contribution in [0.3, 0.4) is 0 Å². The molecule has 0 saturated carbocycles. The van der Waals surface area contributed by atoms with Crippen LogP contribution in [-0.2, 0) is 0 Å². The molecule has 156 valence electrons. The summed E-state index contributed by atoms with van der Waals surface area (Å²) in [5.74, 6) is 0.775. The fraction of sp³-hybridized carbons (Fsp3) is 0.125. The number of nitrogens with zero attached hydrogens (tertiary/aromatic N) is 1. The maximum Gasteiger partial charge on any atom is 0.348 e. The van der Waals surface area contributed by atoms with Gasteiger partial charge in [0.05, 0.1) is 12.8 Å². The van der Waals surface area contributed by atoms with Crippen molar-refractivity contribution < 1.29 is 23.5 Å². The molecular weight excluding hydrogens is 398 g/mol. The number of benzene rings is 2. The maximum absolute atomic E-state index is 12.9. The molecule has 4 rings (SSSR count). The van der Waals surface area contributed by atoms with Crippen molar-refractivity contribution >= 4 is 28.7 Å². The summed E-state index contributed by atoms with van der Waals surface area (Å²) in [4.78, 5) is 29.0. The smallest absolute Gasteiger partial charge is 0.348 e. The van der Waals surface area contributed by atoms with Gasteiger partial charge in [0.2, 0.25) is 5.78 Å². The van der Waals surface area contributed by atoms with Crippen molar-refractivity contribution in [1.82, 2.24) is 0 Å². The summed E-state index contributed by atoms with van der Waals surface area (Å²) >= 11 is 0. The third kappa shape index (κ3) is 3.85. The van der Waals surface area contributed by atoms with E-state index in [4.69, 9.17) is 13.6 Å². The van der Waals surface area contributed by atoms with Crippen LogP contribution in [0.4, 0.5) is 5.69 Å². The normalized spacial score (nSPS) is 11.3. The molecule has 0 saturated heterocycles. The second-order valence-electron chi connectivity index (χ2n) is 7.00. The number of carbonyl (C=O) groups excluding carboxylic acids is 1.